The first kappa shape index (κ1) is 13.2. The van der Waals surface area contributed by atoms with Gasteiger partial charge in [-0.15, -0.1) is 0 Å². The minimum atomic E-state index is 0.0981. The molecule has 18 heavy (non-hydrogen) atoms. The van der Waals surface area contributed by atoms with Gasteiger partial charge in [-0.25, -0.2) is 4.98 Å². The van der Waals surface area contributed by atoms with Gasteiger partial charge in [0, 0.05) is 6.07 Å². The number of hydrogen-bond acceptors (Lipinski definition) is 4. The van der Waals surface area contributed by atoms with Crippen LogP contribution in [0.25, 0.3) is 0 Å². The highest BCUT2D eigenvalue weighted by Crippen LogP contribution is 2.31. The number of halogens is 3. The molecule has 2 aromatic rings. The minimum Gasteiger partial charge on any atom is -0.497 e. The third-order valence-corrected chi connectivity index (χ3v) is 2.93. The van der Waals surface area contributed by atoms with Crippen LogP contribution in [0, 0.1) is 0 Å². The number of anilines is 2. The zero-order valence-electron chi connectivity index (χ0n) is 9.25. The number of benzene rings is 1. The van der Waals surface area contributed by atoms with Crippen molar-refractivity contribution < 1.29 is 4.74 Å². The van der Waals surface area contributed by atoms with E-state index in [9.17, 15) is 0 Å². The van der Waals surface area contributed by atoms with Gasteiger partial charge in [-0.3, -0.25) is 0 Å². The van der Waals surface area contributed by atoms with Crippen LogP contribution in [0.4, 0.5) is 11.5 Å². The summed E-state index contributed by atoms with van der Waals surface area (Å²) < 4.78 is 5.11. The van der Waals surface area contributed by atoms with Gasteiger partial charge in [-0.05, 0) is 23.7 Å². The van der Waals surface area contributed by atoms with Crippen LogP contribution < -0.4 is 10.1 Å². The number of methoxy groups -OCH3 is 1. The summed E-state index contributed by atoms with van der Waals surface area (Å²) in [6.07, 6.45) is 1.41. The van der Waals surface area contributed by atoms with Crippen LogP contribution in [0.5, 0.6) is 5.75 Å². The second-order valence-corrected chi connectivity index (χ2v) is 4.46. The second kappa shape index (κ2) is 5.61. The van der Waals surface area contributed by atoms with Crippen LogP contribution in [0.15, 0.2) is 24.4 Å². The van der Waals surface area contributed by atoms with Crippen LogP contribution in [0.3, 0.4) is 0 Å². The van der Waals surface area contributed by atoms with Crippen LogP contribution in [-0.4, -0.2) is 17.1 Å². The standard InChI is InChI=1S/C11H8Cl3N3O/c1-18-6-2-3-7(12)9(4-6)16-10-8(13)5-15-11(14)17-10/h2-5H,1H3,(H,15,16,17). The largest absolute Gasteiger partial charge is 0.497 e. The molecule has 1 aromatic heterocycles. The summed E-state index contributed by atoms with van der Waals surface area (Å²) >= 11 is 17.7. The molecule has 0 aliphatic rings. The van der Waals surface area contributed by atoms with Gasteiger partial charge in [-0.2, -0.15) is 4.98 Å². The van der Waals surface area contributed by atoms with E-state index in [2.05, 4.69) is 15.3 Å². The lowest BCUT2D eigenvalue weighted by Gasteiger charge is -2.10. The minimum absolute atomic E-state index is 0.0981. The van der Waals surface area contributed by atoms with E-state index in [1.165, 1.54) is 6.20 Å². The molecular weight excluding hydrogens is 296 g/mol. The molecule has 94 valence electrons. The molecule has 0 atom stereocenters. The number of nitrogens with zero attached hydrogens (tertiary/aromatic N) is 2. The lowest BCUT2D eigenvalue weighted by molar-refractivity contribution is 0.415. The van der Waals surface area contributed by atoms with E-state index >= 15 is 0 Å². The van der Waals surface area contributed by atoms with Crippen molar-refractivity contribution in [2.75, 3.05) is 12.4 Å². The lowest BCUT2D eigenvalue weighted by Crippen LogP contribution is -1.97. The Morgan fingerprint density at radius 3 is 2.67 bits per heavy atom. The highest BCUT2D eigenvalue weighted by molar-refractivity contribution is 6.35. The maximum atomic E-state index is 6.06. The van der Waals surface area contributed by atoms with Gasteiger partial charge in [-0.1, -0.05) is 23.2 Å². The Hall–Kier alpha value is -1.23. The van der Waals surface area contributed by atoms with Crippen LogP contribution in [0.1, 0.15) is 0 Å². The lowest BCUT2D eigenvalue weighted by atomic mass is 10.3. The first-order valence-corrected chi connectivity index (χ1v) is 6.02. The first-order chi connectivity index (χ1) is 8.60. The van der Waals surface area contributed by atoms with Crippen molar-refractivity contribution in [2.24, 2.45) is 0 Å². The Morgan fingerprint density at radius 1 is 1.17 bits per heavy atom. The van der Waals surface area contributed by atoms with Crippen LogP contribution in [-0.2, 0) is 0 Å². The Morgan fingerprint density at radius 2 is 1.94 bits per heavy atom. The fourth-order valence-corrected chi connectivity index (χ4v) is 1.72. The van der Waals surface area contributed by atoms with Crippen molar-refractivity contribution in [2.45, 2.75) is 0 Å². The molecule has 1 heterocycles. The van der Waals surface area contributed by atoms with Gasteiger partial charge >= 0.3 is 0 Å². The molecule has 1 aromatic carbocycles. The number of ether oxygens (including phenoxy) is 1. The van der Waals surface area contributed by atoms with Gasteiger partial charge < -0.3 is 10.1 Å². The Bertz CT molecular complexity index is 577. The highest BCUT2D eigenvalue weighted by Gasteiger charge is 2.08. The summed E-state index contributed by atoms with van der Waals surface area (Å²) in [7, 11) is 1.57. The van der Waals surface area contributed by atoms with Gasteiger partial charge in [0.2, 0.25) is 5.28 Å². The van der Waals surface area contributed by atoms with Crippen molar-refractivity contribution in [1.82, 2.24) is 9.97 Å². The Balaban J connectivity index is 2.36. The SMILES string of the molecule is COc1ccc(Cl)c(Nc2nc(Cl)ncc2Cl)c1. The molecule has 0 aliphatic heterocycles. The summed E-state index contributed by atoms with van der Waals surface area (Å²) in [6.45, 7) is 0. The Kier molecular flexibility index (Phi) is 4.11. The summed E-state index contributed by atoms with van der Waals surface area (Å²) in [4.78, 5) is 7.74. The number of nitrogens with one attached hydrogen (secondary N) is 1. The quantitative estimate of drug-likeness (QED) is 0.864. The smallest absolute Gasteiger partial charge is 0.224 e. The highest BCUT2D eigenvalue weighted by atomic mass is 35.5. The fourth-order valence-electron chi connectivity index (χ4n) is 1.29. The van der Waals surface area contributed by atoms with Crippen molar-refractivity contribution in [3.05, 3.63) is 39.7 Å². The summed E-state index contributed by atoms with van der Waals surface area (Å²) in [5.41, 5.74) is 0.618. The molecule has 0 amide bonds. The predicted octanol–water partition coefficient (Wildman–Crippen LogP) is 4.19. The average molecular weight is 305 g/mol. The van der Waals surface area contributed by atoms with Gasteiger partial charge in [0.15, 0.2) is 5.82 Å². The summed E-state index contributed by atoms with van der Waals surface area (Å²) in [5, 5.41) is 3.94. The molecule has 0 spiro atoms. The van der Waals surface area contributed by atoms with E-state index in [-0.39, 0.29) is 5.28 Å². The van der Waals surface area contributed by atoms with E-state index in [1.807, 2.05) is 0 Å². The molecular formula is C11H8Cl3N3O. The first-order valence-electron chi connectivity index (χ1n) is 4.89. The van der Waals surface area contributed by atoms with E-state index in [1.54, 1.807) is 25.3 Å². The molecule has 0 bridgehead atoms. The van der Waals surface area contributed by atoms with E-state index < -0.39 is 0 Å². The number of rotatable bonds is 3. The molecule has 4 nitrogen and oxygen atoms in total. The molecule has 0 aliphatic carbocycles. The Labute approximate surface area is 119 Å². The maximum Gasteiger partial charge on any atom is 0.224 e. The van der Waals surface area contributed by atoms with Gasteiger partial charge in [0.25, 0.3) is 0 Å². The van der Waals surface area contributed by atoms with Crippen LogP contribution >= 0.6 is 34.8 Å². The van der Waals surface area contributed by atoms with Crippen molar-refractivity contribution in [3.63, 3.8) is 0 Å². The van der Waals surface area contributed by atoms with Crippen LogP contribution in [0.2, 0.25) is 15.3 Å². The molecule has 0 fully saturated rings. The third kappa shape index (κ3) is 2.96. The van der Waals surface area contributed by atoms with E-state index in [4.69, 9.17) is 39.5 Å². The summed E-state index contributed by atoms with van der Waals surface area (Å²) in [5.74, 6) is 1.05. The molecule has 0 radical (unpaired) electrons. The number of hydrogen-bond donors (Lipinski definition) is 1. The summed E-state index contributed by atoms with van der Waals surface area (Å²) in [6, 6.07) is 5.19. The zero-order chi connectivity index (χ0) is 13.1. The molecule has 0 saturated heterocycles. The third-order valence-electron chi connectivity index (χ3n) is 2.14. The van der Waals surface area contributed by atoms with Gasteiger partial charge in [0.1, 0.15) is 10.8 Å². The number of aromatic nitrogens is 2. The molecule has 0 saturated carbocycles. The predicted molar refractivity (Wildman–Crippen MR) is 73.3 cm³/mol. The van der Waals surface area contributed by atoms with E-state index in [0.717, 1.165) is 0 Å². The normalized spacial score (nSPS) is 10.2. The maximum absolute atomic E-state index is 6.06. The monoisotopic (exact) mass is 303 g/mol. The fraction of sp³-hybridized carbons (Fsp3) is 0.0909. The molecule has 7 heteroatoms. The van der Waals surface area contributed by atoms with Gasteiger partial charge in [0.05, 0.1) is 24.0 Å². The second-order valence-electron chi connectivity index (χ2n) is 3.31. The van der Waals surface area contributed by atoms with Crippen molar-refractivity contribution >= 4 is 46.3 Å². The molecule has 1 N–H and O–H groups in total. The van der Waals surface area contributed by atoms with Crippen molar-refractivity contribution in [3.8, 4) is 5.75 Å². The topological polar surface area (TPSA) is 47.0 Å². The van der Waals surface area contributed by atoms with Crippen molar-refractivity contribution in [1.29, 1.82) is 0 Å². The van der Waals surface area contributed by atoms with E-state index in [0.29, 0.717) is 27.3 Å². The molecule has 2 rings (SSSR count). The molecule has 0 unspecified atom stereocenters. The zero-order valence-corrected chi connectivity index (χ0v) is 11.5. The average Bonchev–Trinajstić information content (AvgIpc) is 2.36.